The van der Waals surface area contributed by atoms with E-state index < -0.39 is 0 Å². The Bertz CT molecular complexity index is 596. The maximum atomic E-state index is 12.6. The van der Waals surface area contributed by atoms with Crippen molar-refractivity contribution < 1.29 is 8.78 Å². The number of rotatable bonds is 1. The molecule has 0 atom stereocenters. The first-order chi connectivity index (χ1) is 8.74. The molecule has 88 valence electrons. The van der Waals surface area contributed by atoms with E-state index in [2.05, 4.69) is 11.8 Å². The highest BCUT2D eigenvalue weighted by molar-refractivity contribution is 5.53. The Morgan fingerprint density at radius 1 is 0.778 bits per heavy atom. The minimum Gasteiger partial charge on any atom is -0.207 e. The van der Waals surface area contributed by atoms with Crippen LogP contribution in [0.1, 0.15) is 11.1 Å². The summed E-state index contributed by atoms with van der Waals surface area (Å²) in [6.45, 7) is 0. The molecule has 0 aliphatic rings. The van der Waals surface area contributed by atoms with Gasteiger partial charge in [0.05, 0.1) is 0 Å². The first kappa shape index (κ1) is 12.1. The van der Waals surface area contributed by atoms with Crippen LogP contribution in [-0.2, 0) is 0 Å². The zero-order valence-corrected chi connectivity index (χ0v) is 9.53. The Morgan fingerprint density at radius 3 is 1.94 bits per heavy atom. The zero-order valence-electron chi connectivity index (χ0n) is 9.53. The predicted molar refractivity (Wildman–Crippen MR) is 68.7 cm³/mol. The second-order valence-electron chi connectivity index (χ2n) is 3.66. The van der Waals surface area contributed by atoms with Gasteiger partial charge >= 0.3 is 0 Å². The highest BCUT2D eigenvalue weighted by Crippen LogP contribution is 2.04. The van der Waals surface area contributed by atoms with Gasteiger partial charge in [0.15, 0.2) is 0 Å². The van der Waals surface area contributed by atoms with Gasteiger partial charge in [-0.1, -0.05) is 24.0 Å². The van der Waals surface area contributed by atoms with Gasteiger partial charge in [-0.25, -0.2) is 8.78 Å². The molecule has 0 saturated heterocycles. The van der Waals surface area contributed by atoms with Crippen LogP contribution in [0.15, 0.2) is 54.6 Å². The molecule has 2 heteroatoms. The van der Waals surface area contributed by atoms with Crippen molar-refractivity contribution >= 4 is 6.08 Å². The third kappa shape index (κ3) is 3.57. The lowest BCUT2D eigenvalue weighted by molar-refractivity contribution is 0.627. The minimum absolute atomic E-state index is 0.260. The molecule has 0 fully saturated rings. The summed E-state index contributed by atoms with van der Waals surface area (Å²) in [7, 11) is 0. The molecule has 0 saturated carbocycles. The van der Waals surface area contributed by atoms with Gasteiger partial charge < -0.3 is 0 Å². The lowest BCUT2D eigenvalue weighted by atomic mass is 10.2. The van der Waals surface area contributed by atoms with Crippen molar-refractivity contribution in [2.45, 2.75) is 0 Å². The van der Waals surface area contributed by atoms with Crippen molar-refractivity contribution in [3.63, 3.8) is 0 Å². The molecule has 0 heterocycles. The summed E-state index contributed by atoms with van der Waals surface area (Å²) in [4.78, 5) is 0. The molecule has 2 aromatic rings. The molecule has 0 aliphatic heterocycles. The van der Waals surface area contributed by atoms with Crippen LogP contribution < -0.4 is 0 Å². The van der Waals surface area contributed by atoms with Crippen LogP contribution in [0, 0.1) is 23.5 Å². The van der Waals surface area contributed by atoms with E-state index in [4.69, 9.17) is 0 Å². The molecule has 0 amide bonds. The van der Waals surface area contributed by atoms with E-state index in [1.807, 2.05) is 0 Å². The Balaban J connectivity index is 2.03. The maximum absolute atomic E-state index is 12.6. The Morgan fingerprint density at radius 2 is 1.33 bits per heavy atom. The fraction of sp³-hybridized carbons (Fsp3) is 0. The molecule has 2 aromatic carbocycles. The average molecular weight is 240 g/mol. The van der Waals surface area contributed by atoms with Crippen LogP contribution in [0.3, 0.4) is 0 Å². The second-order valence-corrected chi connectivity index (χ2v) is 3.66. The molecular formula is C16H10F2. The van der Waals surface area contributed by atoms with Gasteiger partial charge in [-0.2, -0.15) is 0 Å². The summed E-state index contributed by atoms with van der Waals surface area (Å²) < 4.78 is 25.3. The van der Waals surface area contributed by atoms with Gasteiger partial charge in [0.25, 0.3) is 0 Å². The van der Waals surface area contributed by atoms with Gasteiger partial charge in [-0.05, 0) is 54.1 Å². The summed E-state index contributed by atoms with van der Waals surface area (Å²) in [6.07, 6.45) is 3.46. The molecule has 0 unspecified atom stereocenters. The van der Waals surface area contributed by atoms with Gasteiger partial charge in [-0.15, -0.1) is 0 Å². The quantitative estimate of drug-likeness (QED) is 0.660. The summed E-state index contributed by atoms with van der Waals surface area (Å²) in [6, 6.07) is 12.1. The largest absolute Gasteiger partial charge is 0.207 e. The highest BCUT2D eigenvalue weighted by Gasteiger charge is 1.88. The van der Waals surface area contributed by atoms with Crippen LogP contribution in [-0.4, -0.2) is 0 Å². The fourth-order valence-electron chi connectivity index (χ4n) is 1.37. The van der Waals surface area contributed by atoms with E-state index in [0.29, 0.717) is 0 Å². The van der Waals surface area contributed by atoms with E-state index in [0.717, 1.165) is 11.1 Å². The summed E-state index contributed by atoms with van der Waals surface area (Å²) in [5.41, 5.74) is 1.63. The molecule has 0 nitrogen and oxygen atoms in total. The van der Waals surface area contributed by atoms with Gasteiger partial charge in [0, 0.05) is 5.56 Å². The fourth-order valence-corrected chi connectivity index (χ4v) is 1.37. The first-order valence-corrected chi connectivity index (χ1v) is 5.43. The molecule has 0 aromatic heterocycles. The van der Waals surface area contributed by atoms with Crippen molar-refractivity contribution in [3.8, 4) is 11.8 Å². The molecule has 0 aliphatic carbocycles. The molecule has 2 rings (SSSR count). The number of hydrogen-bond donors (Lipinski definition) is 0. The normalized spacial score (nSPS) is 10.1. The van der Waals surface area contributed by atoms with Crippen LogP contribution in [0.25, 0.3) is 6.08 Å². The van der Waals surface area contributed by atoms with Crippen LogP contribution in [0.2, 0.25) is 0 Å². The zero-order chi connectivity index (χ0) is 12.8. The summed E-state index contributed by atoms with van der Waals surface area (Å²) >= 11 is 0. The highest BCUT2D eigenvalue weighted by atomic mass is 19.1. The third-order valence-corrected chi connectivity index (χ3v) is 2.29. The van der Waals surface area contributed by atoms with E-state index >= 15 is 0 Å². The maximum Gasteiger partial charge on any atom is 0.123 e. The number of benzene rings is 2. The minimum atomic E-state index is -0.276. The van der Waals surface area contributed by atoms with Crippen molar-refractivity contribution in [2.75, 3.05) is 0 Å². The van der Waals surface area contributed by atoms with E-state index in [1.54, 1.807) is 36.4 Å². The van der Waals surface area contributed by atoms with Crippen molar-refractivity contribution in [3.05, 3.63) is 77.4 Å². The molecule has 18 heavy (non-hydrogen) atoms. The first-order valence-electron chi connectivity index (χ1n) is 5.43. The second kappa shape index (κ2) is 5.79. The smallest absolute Gasteiger partial charge is 0.123 e. The van der Waals surface area contributed by atoms with Crippen molar-refractivity contribution in [2.24, 2.45) is 0 Å². The van der Waals surface area contributed by atoms with Gasteiger partial charge in [-0.3, -0.25) is 0 Å². The molecular weight excluding hydrogens is 230 g/mol. The van der Waals surface area contributed by atoms with Crippen molar-refractivity contribution in [1.82, 2.24) is 0 Å². The SMILES string of the molecule is Fc1ccc(C#C/C=C\c2ccc(F)cc2)cc1. The molecule has 0 bridgehead atoms. The lowest BCUT2D eigenvalue weighted by Gasteiger charge is -1.90. The van der Waals surface area contributed by atoms with Crippen molar-refractivity contribution in [1.29, 1.82) is 0 Å². The topological polar surface area (TPSA) is 0 Å². The molecule has 0 N–H and O–H groups in total. The van der Waals surface area contributed by atoms with Gasteiger partial charge in [0.2, 0.25) is 0 Å². The van der Waals surface area contributed by atoms with Crippen LogP contribution in [0.4, 0.5) is 8.78 Å². The third-order valence-electron chi connectivity index (χ3n) is 2.29. The Kier molecular flexibility index (Phi) is 3.88. The summed E-state index contributed by atoms with van der Waals surface area (Å²) in [5, 5.41) is 0. The lowest BCUT2D eigenvalue weighted by Crippen LogP contribution is -1.75. The van der Waals surface area contributed by atoms with E-state index in [1.165, 1.54) is 24.3 Å². The van der Waals surface area contributed by atoms with Crippen LogP contribution >= 0.6 is 0 Å². The average Bonchev–Trinajstić information content (AvgIpc) is 2.39. The number of allylic oxidation sites excluding steroid dienone is 1. The Hall–Kier alpha value is -2.40. The van der Waals surface area contributed by atoms with Crippen LogP contribution in [0.5, 0.6) is 0 Å². The molecule has 0 spiro atoms. The Labute approximate surface area is 105 Å². The monoisotopic (exact) mass is 240 g/mol. The standard InChI is InChI=1S/C16H10F2/c17-15-9-5-13(6-10-15)3-1-2-4-14-7-11-16(18)12-8-14/h1,3,5-12H/b3-1-. The molecule has 0 radical (unpaired) electrons. The van der Waals surface area contributed by atoms with E-state index in [-0.39, 0.29) is 11.6 Å². The summed E-state index contributed by atoms with van der Waals surface area (Å²) in [5.74, 6) is 5.18. The number of halogens is 2. The predicted octanol–water partition coefficient (Wildman–Crippen LogP) is 4.03. The van der Waals surface area contributed by atoms with E-state index in [9.17, 15) is 8.78 Å². The van der Waals surface area contributed by atoms with Gasteiger partial charge in [0.1, 0.15) is 11.6 Å². The number of hydrogen-bond acceptors (Lipinski definition) is 0.